The van der Waals surface area contributed by atoms with E-state index in [0.717, 1.165) is 5.52 Å². The molecule has 2 rings (SSSR count). The van der Waals surface area contributed by atoms with Gasteiger partial charge in [0.05, 0.1) is 23.8 Å². The van der Waals surface area contributed by atoms with Crippen LogP contribution in [0.15, 0.2) is 24.7 Å². The summed E-state index contributed by atoms with van der Waals surface area (Å²) < 4.78 is 0. The molecule has 0 aliphatic heterocycles. The van der Waals surface area contributed by atoms with Gasteiger partial charge in [-0.1, -0.05) is 6.92 Å². The summed E-state index contributed by atoms with van der Waals surface area (Å²) in [7, 11) is 0. The normalized spacial score (nSPS) is 12.6. The minimum absolute atomic E-state index is 0.0560. The molecule has 5 heteroatoms. The molecule has 0 aliphatic rings. The number of aromatic nitrogens is 3. The first kappa shape index (κ1) is 10.5. The van der Waals surface area contributed by atoms with Gasteiger partial charge in [-0.2, -0.15) is 0 Å². The van der Waals surface area contributed by atoms with E-state index < -0.39 is 5.97 Å². The minimum Gasteiger partial charge on any atom is -0.481 e. The topological polar surface area (TPSA) is 76.0 Å². The molecule has 1 N–H and O–H groups in total. The van der Waals surface area contributed by atoms with Crippen molar-refractivity contribution in [1.29, 1.82) is 0 Å². The van der Waals surface area contributed by atoms with Crippen LogP contribution in [0.1, 0.15) is 25.0 Å². The van der Waals surface area contributed by atoms with Gasteiger partial charge in [-0.05, 0) is 6.07 Å². The Balaban J connectivity index is 2.35. The second-order valence-corrected chi connectivity index (χ2v) is 3.66. The SMILES string of the molecule is CC(CC(=O)O)c1cnc2ccncc2n1. The fourth-order valence-electron chi connectivity index (χ4n) is 1.48. The first-order chi connectivity index (χ1) is 7.66. The molecule has 2 aromatic rings. The van der Waals surface area contributed by atoms with Gasteiger partial charge in [-0.15, -0.1) is 0 Å². The molecule has 0 bridgehead atoms. The van der Waals surface area contributed by atoms with Crippen LogP contribution in [-0.4, -0.2) is 26.0 Å². The molecule has 0 fully saturated rings. The molecule has 0 aromatic carbocycles. The number of carboxylic acid groups (broad SMARTS) is 1. The second kappa shape index (κ2) is 4.22. The molecule has 2 aromatic heterocycles. The van der Waals surface area contributed by atoms with Crippen molar-refractivity contribution in [3.63, 3.8) is 0 Å². The van der Waals surface area contributed by atoms with Crippen LogP contribution in [0.3, 0.4) is 0 Å². The van der Waals surface area contributed by atoms with E-state index in [2.05, 4.69) is 15.0 Å². The van der Waals surface area contributed by atoms with Crippen LogP contribution < -0.4 is 0 Å². The standard InChI is InChI=1S/C11H11N3O2/c1-7(4-11(15)16)9-6-13-8-2-3-12-5-10(8)14-9/h2-3,5-7H,4H2,1H3,(H,15,16). The Morgan fingerprint density at radius 1 is 1.44 bits per heavy atom. The van der Waals surface area contributed by atoms with Gasteiger partial charge in [0, 0.05) is 18.3 Å². The third-order valence-corrected chi connectivity index (χ3v) is 2.35. The van der Waals surface area contributed by atoms with Crippen LogP contribution in [-0.2, 0) is 4.79 Å². The van der Waals surface area contributed by atoms with E-state index in [4.69, 9.17) is 5.11 Å². The molecule has 0 radical (unpaired) electrons. The summed E-state index contributed by atoms with van der Waals surface area (Å²) in [5.74, 6) is -0.977. The van der Waals surface area contributed by atoms with Crippen LogP contribution in [0.2, 0.25) is 0 Å². The number of nitrogens with zero attached hydrogens (tertiary/aromatic N) is 3. The predicted octanol–water partition coefficient (Wildman–Crippen LogP) is 1.60. The van der Waals surface area contributed by atoms with Crippen LogP contribution in [0.5, 0.6) is 0 Å². The number of carboxylic acids is 1. The van der Waals surface area contributed by atoms with Gasteiger partial charge in [0.1, 0.15) is 5.52 Å². The largest absolute Gasteiger partial charge is 0.481 e. The predicted molar refractivity (Wildman–Crippen MR) is 58.0 cm³/mol. The zero-order valence-corrected chi connectivity index (χ0v) is 8.79. The Bertz CT molecular complexity index is 527. The fraction of sp³-hybridized carbons (Fsp3) is 0.273. The lowest BCUT2D eigenvalue weighted by Crippen LogP contribution is -2.05. The van der Waals surface area contributed by atoms with Gasteiger partial charge >= 0.3 is 5.97 Å². The molecule has 82 valence electrons. The quantitative estimate of drug-likeness (QED) is 0.845. The van der Waals surface area contributed by atoms with Crippen LogP contribution in [0.25, 0.3) is 11.0 Å². The molecule has 5 nitrogen and oxygen atoms in total. The Morgan fingerprint density at radius 3 is 3.00 bits per heavy atom. The Labute approximate surface area is 92.2 Å². The first-order valence-corrected chi connectivity index (χ1v) is 4.95. The van der Waals surface area contributed by atoms with Crippen molar-refractivity contribution in [2.24, 2.45) is 0 Å². The number of aliphatic carboxylic acids is 1. The van der Waals surface area contributed by atoms with Crippen molar-refractivity contribution >= 4 is 17.0 Å². The Kier molecular flexibility index (Phi) is 2.76. The van der Waals surface area contributed by atoms with E-state index >= 15 is 0 Å². The van der Waals surface area contributed by atoms with E-state index in [1.807, 2.05) is 6.92 Å². The van der Waals surface area contributed by atoms with Gasteiger partial charge < -0.3 is 5.11 Å². The maximum Gasteiger partial charge on any atom is 0.304 e. The maximum absolute atomic E-state index is 10.6. The summed E-state index contributed by atoms with van der Waals surface area (Å²) in [6.07, 6.45) is 4.95. The first-order valence-electron chi connectivity index (χ1n) is 4.95. The average molecular weight is 217 g/mol. The van der Waals surface area contributed by atoms with Crippen molar-refractivity contribution in [2.75, 3.05) is 0 Å². The molecule has 1 atom stereocenters. The van der Waals surface area contributed by atoms with Crippen molar-refractivity contribution in [3.8, 4) is 0 Å². The fourth-order valence-corrected chi connectivity index (χ4v) is 1.48. The second-order valence-electron chi connectivity index (χ2n) is 3.66. The summed E-state index contributed by atoms with van der Waals surface area (Å²) in [5.41, 5.74) is 2.14. The molecular formula is C11H11N3O2. The van der Waals surface area contributed by atoms with Crippen LogP contribution in [0, 0.1) is 0 Å². The summed E-state index contributed by atoms with van der Waals surface area (Å²) in [5, 5.41) is 8.70. The third kappa shape index (κ3) is 2.13. The molecule has 0 aliphatic carbocycles. The minimum atomic E-state index is -0.833. The number of carbonyl (C=O) groups is 1. The number of fused-ring (bicyclic) bond motifs is 1. The zero-order valence-electron chi connectivity index (χ0n) is 8.79. The summed E-state index contributed by atoms with van der Waals surface area (Å²) in [6, 6.07) is 1.77. The molecule has 0 saturated carbocycles. The van der Waals surface area contributed by atoms with Gasteiger partial charge in [0.25, 0.3) is 0 Å². The zero-order chi connectivity index (χ0) is 11.5. The smallest absolute Gasteiger partial charge is 0.304 e. The average Bonchev–Trinajstić information content (AvgIpc) is 2.27. The van der Waals surface area contributed by atoms with E-state index in [1.165, 1.54) is 0 Å². The van der Waals surface area contributed by atoms with Crippen molar-refractivity contribution in [2.45, 2.75) is 19.3 Å². The van der Waals surface area contributed by atoms with Gasteiger partial charge in [0.15, 0.2) is 0 Å². The number of pyridine rings is 1. The number of rotatable bonds is 3. The highest BCUT2D eigenvalue weighted by Crippen LogP contribution is 2.18. The molecule has 0 amide bonds. The Morgan fingerprint density at radius 2 is 2.25 bits per heavy atom. The monoisotopic (exact) mass is 217 g/mol. The van der Waals surface area contributed by atoms with Crippen LogP contribution in [0.4, 0.5) is 0 Å². The van der Waals surface area contributed by atoms with Crippen molar-refractivity contribution in [3.05, 3.63) is 30.4 Å². The highest BCUT2D eigenvalue weighted by molar-refractivity contribution is 5.72. The van der Waals surface area contributed by atoms with Gasteiger partial charge in [0.2, 0.25) is 0 Å². The summed E-state index contributed by atoms with van der Waals surface area (Å²) >= 11 is 0. The molecule has 16 heavy (non-hydrogen) atoms. The molecular weight excluding hydrogens is 206 g/mol. The van der Waals surface area contributed by atoms with E-state index in [1.54, 1.807) is 24.7 Å². The molecule has 2 heterocycles. The van der Waals surface area contributed by atoms with E-state index in [0.29, 0.717) is 11.2 Å². The van der Waals surface area contributed by atoms with E-state index in [-0.39, 0.29) is 12.3 Å². The molecule has 1 unspecified atom stereocenters. The van der Waals surface area contributed by atoms with Gasteiger partial charge in [-0.25, -0.2) is 4.98 Å². The van der Waals surface area contributed by atoms with Crippen molar-refractivity contribution in [1.82, 2.24) is 15.0 Å². The summed E-state index contributed by atoms with van der Waals surface area (Å²) in [6.45, 7) is 1.82. The highest BCUT2D eigenvalue weighted by Gasteiger charge is 2.12. The highest BCUT2D eigenvalue weighted by atomic mass is 16.4. The number of hydrogen-bond donors (Lipinski definition) is 1. The lowest BCUT2D eigenvalue weighted by Gasteiger charge is -2.07. The lowest BCUT2D eigenvalue weighted by atomic mass is 10.0. The van der Waals surface area contributed by atoms with E-state index in [9.17, 15) is 4.79 Å². The van der Waals surface area contributed by atoms with Crippen molar-refractivity contribution < 1.29 is 9.90 Å². The number of hydrogen-bond acceptors (Lipinski definition) is 4. The van der Waals surface area contributed by atoms with Gasteiger partial charge in [-0.3, -0.25) is 14.8 Å². The Hall–Kier alpha value is -2.04. The lowest BCUT2D eigenvalue weighted by molar-refractivity contribution is -0.137. The van der Waals surface area contributed by atoms with Crippen LogP contribution >= 0.6 is 0 Å². The molecule has 0 saturated heterocycles. The maximum atomic E-state index is 10.6. The summed E-state index contributed by atoms with van der Waals surface area (Å²) in [4.78, 5) is 23.1. The molecule has 0 spiro atoms. The third-order valence-electron chi connectivity index (χ3n) is 2.35.